The van der Waals surface area contributed by atoms with Gasteiger partial charge in [0.15, 0.2) is 0 Å². The number of hydrogen-bond acceptors (Lipinski definition) is 4. The van der Waals surface area contributed by atoms with Crippen molar-refractivity contribution in [2.45, 2.75) is 24.8 Å². The van der Waals surface area contributed by atoms with Crippen LogP contribution in [-0.2, 0) is 23.0 Å². The number of fused-ring (bicyclic) bond motifs is 1. The molecular weight excluding hydrogens is 322 g/mol. The predicted octanol–water partition coefficient (Wildman–Crippen LogP) is 2.50. The maximum absolute atomic E-state index is 12.9. The molecule has 0 atom stereocenters. The molecule has 0 unspecified atom stereocenters. The molecule has 1 N–H and O–H groups in total. The molecule has 0 saturated heterocycles. The number of benzene rings is 1. The van der Waals surface area contributed by atoms with Crippen molar-refractivity contribution in [2.24, 2.45) is 0 Å². The highest BCUT2D eigenvalue weighted by molar-refractivity contribution is 7.89. The zero-order valence-corrected chi connectivity index (χ0v) is 13.6. The largest absolute Gasteiger partial charge is 0.478 e. The first-order chi connectivity index (χ1) is 10.4. The molecule has 5 nitrogen and oxygen atoms in total. The third kappa shape index (κ3) is 2.45. The summed E-state index contributed by atoms with van der Waals surface area (Å²) in [6.07, 6.45) is 0.698. The van der Waals surface area contributed by atoms with Crippen LogP contribution in [0.5, 0.6) is 0 Å². The Hall–Kier alpha value is -1.70. The van der Waals surface area contributed by atoms with Gasteiger partial charge in [0.1, 0.15) is 0 Å². The monoisotopic (exact) mass is 337 g/mol. The number of hydrogen-bond donors (Lipinski definition) is 1. The van der Waals surface area contributed by atoms with Gasteiger partial charge in [-0.2, -0.15) is 4.31 Å². The number of carbonyl (C=O) groups is 1. The number of carboxylic acids is 1. The summed E-state index contributed by atoms with van der Waals surface area (Å²) in [7, 11) is -3.69. The average molecular weight is 337 g/mol. The van der Waals surface area contributed by atoms with E-state index in [1.165, 1.54) is 34.3 Å². The lowest BCUT2D eigenvalue weighted by molar-refractivity contribution is 0.0696. The topological polar surface area (TPSA) is 74.7 Å². The van der Waals surface area contributed by atoms with Crippen LogP contribution >= 0.6 is 11.3 Å². The molecule has 1 aliphatic rings. The minimum absolute atomic E-state index is 0.0225. The van der Waals surface area contributed by atoms with Crippen molar-refractivity contribution in [2.75, 3.05) is 6.54 Å². The third-order valence-electron chi connectivity index (χ3n) is 3.90. The van der Waals surface area contributed by atoms with Gasteiger partial charge < -0.3 is 5.11 Å². The van der Waals surface area contributed by atoms with Crippen molar-refractivity contribution >= 4 is 27.3 Å². The number of carboxylic acid groups (broad SMARTS) is 1. The van der Waals surface area contributed by atoms with Crippen LogP contribution in [-0.4, -0.2) is 30.3 Å². The molecule has 2 heterocycles. The highest BCUT2D eigenvalue weighted by Crippen LogP contribution is 2.29. The van der Waals surface area contributed by atoms with E-state index in [-0.39, 0.29) is 16.0 Å². The molecule has 116 valence electrons. The quantitative estimate of drug-likeness (QED) is 0.934. The van der Waals surface area contributed by atoms with E-state index in [2.05, 4.69) is 0 Å². The van der Waals surface area contributed by atoms with E-state index in [1.807, 2.05) is 11.4 Å². The fraction of sp³-hybridized carbons (Fsp3) is 0.267. The molecule has 1 aromatic carbocycles. The van der Waals surface area contributed by atoms with Gasteiger partial charge in [-0.3, -0.25) is 0 Å². The first kappa shape index (κ1) is 15.2. The van der Waals surface area contributed by atoms with Crippen molar-refractivity contribution in [3.63, 3.8) is 0 Å². The van der Waals surface area contributed by atoms with Gasteiger partial charge in [0.05, 0.1) is 10.5 Å². The van der Waals surface area contributed by atoms with Crippen LogP contribution in [0, 0.1) is 6.92 Å². The molecule has 22 heavy (non-hydrogen) atoms. The van der Waals surface area contributed by atoms with E-state index in [0.29, 0.717) is 19.5 Å². The van der Waals surface area contributed by atoms with E-state index in [1.54, 1.807) is 11.3 Å². The summed E-state index contributed by atoms with van der Waals surface area (Å²) in [6, 6.07) is 6.32. The Morgan fingerprint density at radius 1 is 1.32 bits per heavy atom. The highest BCUT2D eigenvalue weighted by Gasteiger charge is 2.30. The predicted molar refractivity (Wildman–Crippen MR) is 83.8 cm³/mol. The normalized spacial score (nSPS) is 15.5. The molecule has 0 bridgehead atoms. The van der Waals surface area contributed by atoms with Crippen LogP contribution in [0.25, 0.3) is 0 Å². The molecule has 1 aromatic heterocycles. The number of sulfonamides is 1. The van der Waals surface area contributed by atoms with E-state index in [9.17, 15) is 13.2 Å². The highest BCUT2D eigenvalue weighted by atomic mass is 32.2. The van der Waals surface area contributed by atoms with Gasteiger partial charge in [0.2, 0.25) is 10.0 Å². The summed E-state index contributed by atoms with van der Waals surface area (Å²) < 4.78 is 27.1. The lowest BCUT2D eigenvalue weighted by atomic mass is 10.1. The third-order valence-corrected chi connectivity index (χ3v) is 6.92. The SMILES string of the molecule is Cc1c(C(=O)O)cccc1S(=O)(=O)N1CCc2sccc2C1. The molecule has 0 fully saturated rings. The molecule has 3 rings (SSSR count). The second kappa shape index (κ2) is 5.49. The van der Waals surface area contributed by atoms with Crippen LogP contribution in [0.4, 0.5) is 0 Å². The Morgan fingerprint density at radius 2 is 2.09 bits per heavy atom. The number of aromatic carboxylic acids is 1. The average Bonchev–Trinajstić information content (AvgIpc) is 2.94. The van der Waals surface area contributed by atoms with Crippen molar-refractivity contribution in [1.29, 1.82) is 0 Å². The van der Waals surface area contributed by atoms with Crippen molar-refractivity contribution < 1.29 is 18.3 Å². The Bertz CT molecular complexity index is 839. The summed E-state index contributed by atoms with van der Waals surface area (Å²) in [5.41, 5.74) is 1.34. The maximum Gasteiger partial charge on any atom is 0.335 e. The Labute approximate surface area is 132 Å². The Balaban J connectivity index is 2.01. The smallest absolute Gasteiger partial charge is 0.335 e. The zero-order chi connectivity index (χ0) is 15.9. The number of nitrogens with zero attached hydrogens (tertiary/aromatic N) is 1. The van der Waals surface area contributed by atoms with Crippen molar-refractivity contribution in [3.05, 3.63) is 51.2 Å². The molecule has 2 aromatic rings. The van der Waals surface area contributed by atoms with Crippen LogP contribution in [0.15, 0.2) is 34.5 Å². The van der Waals surface area contributed by atoms with Gasteiger partial charge in [0.25, 0.3) is 0 Å². The summed E-state index contributed by atoms with van der Waals surface area (Å²) in [6.45, 7) is 2.31. The minimum Gasteiger partial charge on any atom is -0.478 e. The molecule has 0 amide bonds. The van der Waals surface area contributed by atoms with Gasteiger partial charge in [-0.1, -0.05) is 6.07 Å². The lowest BCUT2D eigenvalue weighted by Crippen LogP contribution is -2.35. The molecule has 1 aliphatic heterocycles. The number of thiophene rings is 1. The zero-order valence-electron chi connectivity index (χ0n) is 11.9. The van der Waals surface area contributed by atoms with Crippen molar-refractivity contribution in [1.82, 2.24) is 4.31 Å². The fourth-order valence-electron chi connectivity index (χ4n) is 2.69. The summed E-state index contributed by atoms with van der Waals surface area (Å²) >= 11 is 1.64. The molecule has 0 aliphatic carbocycles. The molecular formula is C15H15NO4S2. The maximum atomic E-state index is 12.9. The summed E-state index contributed by atoms with van der Waals surface area (Å²) in [4.78, 5) is 12.5. The minimum atomic E-state index is -3.69. The first-order valence-electron chi connectivity index (χ1n) is 6.79. The summed E-state index contributed by atoms with van der Waals surface area (Å²) in [5, 5.41) is 11.1. The van der Waals surface area contributed by atoms with Gasteiger partial charge >= 0.3 is 5.97 Å². The van der Waals surface area contributed by atoms with Gasteiger partial charge in [0, 0.05) is 18.0 Å². The summed E-state index contributed by atoms with van der Waals surface area (Å²) in [5.74, 6) is -1.12. The number of rotatable bonds is 3. The molecule has 0 spiro atoms. The molecule has 0 radical (unpaired) electrons. The van der Waals surface area contributed by atoms with Gasteiger partial charge in [-0.15, -0.1) is 11.3 Å². The van der Waals surface area contributed by atoms with Crippen molar-refractivity contribution in [3.8, 4) is 0 Å². The first-order valence-corrected chi connectivity index (χ1v) is 9.11. The van der Waals surface area contributed by atoms with E-state index in [0.717, 1.165) is 5.56 Å². The van der Waals surface area contributed by atoms with Crippen LogP contribution in [0.3, 0.4) is 0 Å². The Morgan fingerprint density at radius 3 is 2.82 bits per heavy atom. The molecule has 0 saturated carbocycles. The van der Waals surface area contributed by atoms with E-state index < -0.39 is 16.0 Å². The van der Waals surface area contributed by atoms with E-state index >= 15 is 0 Å². The fourth-order valence-corrected chi connectivity index (χ4v) is 5.25. The molecule has 7 heteroatoms. The van der Waals surface area contributed by atoms with E-state index in [4.69, 9.17) is 5.11 Å². The van der Waals surface area contributed by atoms with Crippen LogP contribution < -0.4 is 0 Å². The second-order valence-corrected chi connectivity index (χ2v) is 8.10. The lowest BCUT2D eigenvalue weighted by Gasteiger charge is -2.27. The van der Waals surface area contributed by atoms with Gasteiger partial charge in [-0.25, -0.2) is 13.2 Å². The standard InChI is InChI=1S/C15H15NO4S2/c1-10-12(15(17)18)3-2-4-14(10)22(19,20)16-7-5-13-11(9-16)6-8-21-13/h2-4,6,8H,5,7,9H2,1H3,(H,17,18). The second-order valence-electron chi connectivity index (χ2n) is 5.19. The van der Waals surface area contributed by atoms with Crippen LogP contribution in [0.2, 0.25) is 0 Å². The Kier molecular flexibility index (Phi) is 3.80. The van der Waals surface area contributed by atoms with Crippen LogP contribution in [0.1, 0.15) is 26.4 Å². The van der Waals surface area contributed by atoms with Gasteiger partial charge in [-0.05, 0) is 48.1 Å².